The van der Waals surface area contributed by atoms with Crippen molar-refractivity contribution >= 4 is 34.9 Å². The van der Waals surface area contributed by atoms with Crippen molar-refractivity contribution in [2.45, 2.75) is 0 Å². The van der Waals surface area contributed by atoms with Crippen LogP contribution in [0.4, 0.5) is 5.82 Å². The molecule has 2 rings (SSSR count). The predicted molar refractivity (Wildman–Crippen MR) is 75.2 cm³/mol. The number of aromatic nitrogens is 2. The Labute approximate surface area is 120 Å². The maximum atomic E-state index is 11.6. The Kier molecular flexibility index (Phi) is 4.55. The van der Waals surface area contributed by atoms with Crippen LogP contribution in [-0.4, -0.2) is 42.3 Å². The molecule has 0 unspecified atom stereocenters. The summed E-state index contributed by atoms with van der Waals surface area (Å²) in [5, 5.41) is 0.713. The Morgan fingerprint density at radius 3 is 2.48 bits per heavy atom. The van der Waals surface area contributed by atoms with E-state index in [0.29, 0.717) is 16.7 Å². The third kappa shape index (κ3) is 3.19. The second-order valence-electron chi connectivity index (χ2n) is 4.02. The highest BCUT2D eigenvalue weighted by Gasteiger charge is 2.26. The first kappa shape index (κ1) is 14.6. The number of esters is 2. The van der Waals surface area contributed by atoms with E-state index in [1.54, 1.807) is 6.07 Å². The first-order valence-corrected chi connectivity index (χ1v) is 6.07. The summed E-state index contributed by atoms with van der Waals surface area (Å²) in [6.45, 7) is 0. The molecule has 21 heavy (non-hydrogen) atoms. The smallest absolute Gasteiger partial charge is 0.325 e. The van der Waals surface area contributed by atoms with E-state index in [1.807, 2.05) is 18.2 Å². The first-order valence-electron chi connectivity index (χ1n) is 6.07. The fourth-order valence-corrected chi connectivity index (χ4v) is 1.71. The molecule has 0 bridgehead atoms. The van der Waals surface area contributed by atoms with Gasteiger partial charge in [0.1, 0.15) is 6.33 Å². The van der Waals surface area contributed by atoms with Crippen molar-refractivity contribution in [1.82, 2.24) is 9.97 Å². The lowest BCUT2D eigenvalue weighted by Crippen LogP contribution is -2.27. The van der Waals surface area contributed by atoms with Crippen molar-refractivity contribution < 1.29 is 19.1 Å². The van der Waals surface area contributed by atoms with Crippen molar-refractivity contribution in [3.05, 3.63) is 30.6 Å². The summed E-state index contributed by atoms with van der Waals surface area (Å²) in [6.07, 6.45) is 2.52. The highest BCUT2D eigenvalue weighted by Crippen LogP contribution is 2.21. The second-order valence-corrected chi connectivity index (χ2v) is 4.02. The van der Waals surface area contributed by atoms with Gasteiger partial charge in [-0.3, -0.25) is 9.59 Å². The minimum Gasteiger partial charge on any atom is -0.468 e. The molecule has 0 aliphatic heterocycles. The molecule has 1 aromatic heterocycles. The summed E-state index contributed by atoms with van der Waals surface area (Å²) >= 11 is 0. The molecular formula is C14H13N3O4. The molecule has 1 aromatic carbocycles. The number of aliphatic imine (C=N–C) groups is 1. The zero-order valence-electron chi connectivity index (χ0n) is 11.5. The van der Waals surface area contributed by atoms with Crippen molar-refractivity contribution in [3.8, 4) is 0 Å². The van der Waals surface area contributed by atoms with Crippen molar-refractivity contribution in [1.29, 1.82) is 0 Å². The molecule has 0 N–H and O–H groups in total. The van der Waals surface area contributed by atoms with Crippen LogP contribution in [0.5, 0.6) is 0 Å². The van der Waals surface area contributed by atoms with Crippen LogP contribution in [0.3, 0.4) is 0 Å². The summed E-state index contributed by atoms with van der Waals surface area (Å²) < 4.78 is 9.09. The molecule has 2 aromatic rings. The van der Waals surface area contributed by atoms with Gasteiger partial charge in [-0.05, 0) is 12.1 Å². The number of benzene rings is 1. The zero-order chi connectivity index (χ0) is 15.2. The number of nitrogens with zero attached hydrogens (tertiary/aromatic N) is 3. The minimum absolute atomic E-state index is 0.360. The minimum atomic E-state index is -1.23. The van der Waals surface area contributed by atoms with E-state index < -0.39 is 17.9 Å². The van der Waals surface area contributed by atoms with Crippen LogP contribution in [0.1, 0.15) is 0 Å². The molecule has 0 atom stereocenters. The zero-order valence-corrected chi connectivity index (χ0v) is 11.5. The summed E-state index contributed by atoms with van der Waals surface area (Å²) in [4.78, 5) is 35.3. The standard InChI is InChI=1S/C14H13N3O4/c1-20-13(18)10(14(19)21-2)7-15-12-9-5-3-4-6-11(9)16-8-17-12/h3-8,10H,1-2H3. The molecule has 108 valence electrons. The lowest BCUT2D eigenvalue weighted by Gasteiger charge is -2.07. The van der Waals surface area contributed by atoms with Gasteiger partial charge in [-0.15, -0.1) is 0 Å². The monoisotopic (exact) mass is 287 g/mol. The van der Waals surface area contributed by atoms with Crippen LogP contribution < -0.4 is 0 Å². The van der Waals surface area contributed by atoms with Crippen LogP contribution >= 0.6 is 0 Å². The van der Waals surface area contributed by atoms with Gasteiger partial charge in [0.25, 0.3) is 0 Å². The fraction of sp³-hybridized carbons (Fsp3) is 0.214. The number of fused-ring (bicyclic) bond motifs is 1. The molecule has 0 fully saturated rings. The quantitative estimate of drug-likeness (QED) is 0.478. The van der Waals surface area contributed by atoms with Gasteiger partial charge in [0.2, 0.25) is 0 Å². The van der Waals surface area contributed by atoms with E-state index in [9.17, 15) is 9.59 Å². The van der Waals surface area contributed by atoms with Crippen LogP contribution in [0.25, 0.3) is 10.9 Å². The number of ether oxygens (including phenoxy) is 2. The van der Waals surface area contributed by atoms with E-state index in [0.717, 1.165) is 6.21 Å². The van der Waals surface area contributed by atoms with Gasteiger partial charge in [-0.2, -0.15) is 0 Å². The van der Waals surface area contributed by atoms with Crippen LogP contribution in [-0.2, 0) is 19.1 Å². The number of hydrogen-bond acceptors (Lipinski definition) is 7. The van der Waals surface area contributed by atoms with Crippen LogP contribution in [0, 0.1) is 5.92 Å². The molecule has 0 saturated heterocycles. The van der Waals surface area contributed by atoms with Gasteiger partial charge in [0.05, 0.1) is 19.7 Å². The van der Waals surface area contributed by atoms with Gasteiger partial charge in [0, 0.05) is 11.6 Å². The molecule has 0 aliphatic carbocycles. The van der Waals surface area contributed by atoms with E-state index in [4.69, 9.17) is 0 Å². The highest BCUT2D eigenvalue weighted by atomic mass is 16.5. The highest BCUT2D eigenvalue weighted by molar-refractivity contribution is 6.09. The van der Waals surface area contributed by atoms with Crippen molar-refractivity contribution in [2.24, 2.45) is 10.9 Å². The van der Waals surface area contributed by atoms with Crippen molar-refractivity contribution in [2.75, 3.05) is 14.2 Å². The molecule has 7 nitrogen and oxygen atoms in total. The third-order valence-corrected chi connectivity index (χ3v) is 2.78. The van der Waals surface area contributed by atoms with Crippen LogP contribution in [0.2, 0.25) is 0 Å². The average Bonchev–Trinajstić information content (AvgIpc) is 2.54. The SMILES string of the molecule is COC(=O)C(C=Nc1ncnc2ccccc12)C(=O)OC. The molecule has 0 spiro atoms. The first-order chi connectivity index (χ1) is 10.2. The predicted octanol–water partition coefficient (Wildman–Crippen LogP) is 1.29. The van der Waals surface area contributed by atoms with E-state index in [1.165, 1.54) is 20.5 Å². The maximum Gasteiger partial charge on any atom is 0.325 e. The lowest BCUT2D eigenvalue weighted by molar-refractivity contribution is -0.154. The van der Waals surface area contributed by atoms with Gasteiger partial charge in [0.15, 0.2) is 11.7 Å². The average molecular weight is 287 g/mol. The summed E-state index contributed by atoms with van der Waals surface area (Å²) in [5.74, 6) is -2.36. The number of para-hydroxylation sites is 1. The van der Waals surface area contributed by atoms with Crippen molar-refractivity contribution in [3.63, 3.8) is 0 Å². The van der Waals surface area contributed by atoms with E-state index in [-0.39, 0.29) is 0 Å². The van der Waals surface area contributed by atoms with E-state index in [2.05, 4.69) is 24.4 Å². The molecule has 0 aliphatic rings. The summed E-state index contributed by atoms with van der Waals surface area (Å²) in [6, 6.07) is 7.28. The lowest BCUT2D eigenvalue weighted by atomic mass is 10.2. The molecule has 0 radical (unpaired) electrons. The van der Waals surface area contributed by atoms with Gasteiger partial charge in [-0.25, -0.2) is 15.0 Å². The van der Waals surface area contributed by atoms with Gasteiger partial charge in [-0.1, -0.05) is 12.1 Å². The Bertz CT molecular complexity index is 678. The fourth-order valence-electron chi connectivity index (χ4n) is 1.71. The normalized spacial score (nSPS) is 11.0. The number of carbonyl (C=O) groups is 2. The molecular weight excluding hydrogens is 274 g/mol. The van der Waals surface area contributed by atoms with Gasteiger partial charge >= 0.3 is 11.9 Å². The molecule has 7 heteroatoms. The van der Waals surface area contributed by atoms with Crippen LogP contribution in [0.15, 0.2) is 35.6 Å². The number of methoxy groups -OCH3 is 2. The Balaban J connectivity index is 2.37. The van der Waals surface area contributed by atoms with E-state index >= 15 is 0 Å². The van der Waals surface area contributed by atoms with Gasteiger partial charge < -0.3 is 9.47 Å². The number of carbonyl (C=O) groups excluding carboxylic acids is 2. The topological polar surface area (TPSA) is 90.7 Å². The molecule has 1 heterocycles. The number of rotatable bonds is 4. The summed E-state index contributed by atoms with van der Waals surface area (Å²) in [7, 11) is 2.37. The number of hydrogen-bond donors (Lipinski definition) is 0. The Morgan fingerprint density at radius 2 is 1.81 bits per heavy atom. The third-order valence-electron chi connectivity index (χ3n) is 2.78. The Morgan fingerprint density at radius 1 is 1.14 bits per heavy atom. The molecule has 0 saturated carbocycles. The summed E-state index contributed by atoms with van der Waals surface area (Å²) in [5.41, 5.74) is 0.715. The molecule has 0 amide bonds. The maximum absolute atomic E-state index is 11.6. The Hall–Kier alpha value is -2.83. The second kappa shape index (κ2) is 6.56. The largest absolute Gasteiger partial charge is 0.468 e.